The number of carbonyl (C=O) groups excluding carboxylic acids is 1. The van der Waals surface area contributed by atoms with E-state index in [2.05, 4.69) is 5.32 Å². The maximum absolute atomic E-state index is 11.7. The lowest BCUT2D eigenvalue weighted by Gasteiger charge is -2.02. The summed E-state index contributed by atoms with van der Waals surface area (Å²) in [5, 5.41) is 2.57. The number of nitrogens with one attached hydrogen (secondary N) is 1. The van der Waals surface area contributed by atoms with Crippen molar-refractivity contribution in [2.75, 3.05) is 13.1 Å². The molecule has 0 bridgehead atoms. The van der Waals surface area contributed by atoms with E-state index in [9.17, 15) is 13.6 Å². The molecule has 0 aliphatic carbocycles. The van der Waals surface area contributed by atoms with Crippen LogP contribution in [0.1, 0.15) is 0 Å². The third kappa shape index (κ3) is 1.24. The topological polar surface area (TPSA) is 29.1 Å². The number of Topliss-reactive ketones (excluding diaryl/α,β-unsaturated/α-hetero) is 1. The predicted molar refractivity (Wildman–Crippen MR) is 27.4 cm³/mol. The third-order valence-electron chi connectivity index (χ3n) is 1.38. The first-order valence-electron chi connectivity index (χ1n) is 2.73. The van der Waals surface area contributed by atoms with Crippen molar-refractivity contribution in [2.45, 2.75) is 6.43 Å². The summed E-state index contributed by atoms with van der Waals surface area (Å²) in [5.74, 6) is -1.42. The Balaban J connectivity index is 2.49. The highest BCUT2D eigenvalue weighted by Crippen LogP contribution is 2.12. The molecule has 1 rings (SSSR count). The Labute approximate surface area is 51.2 Å². The molecule has 1 N–H and O–H groups in total. The fourth-order valence-corrected chi connectivity index (χ4v) is 0.825. The molecule has 1 unspecified atom stereocenters. The van der Waals surface area contributed by atoms with Crippen LogP contribution in [0.5, 0.6) is 0 Å². The summed E-state index contributed by atoms with van der Waals surface area (Å²) in [6, 6.07) is 0. The third-order valence-corrected chi connectivity index (χ3v) is 1.38. The highest BCUT2D eigenvalue weighted by Gasteiger charge is 2.31. The number of rotatable bonds is 1. The van der Waals surface area contributed by atoms with Gasteiger partial charge in [-0.25, -0.2) is 8.78 Å². The molecule has 0 aromatic carbocycles. The number of ketones is 1. The molecular weight excluding hydrogens is 128 g/mol. The van der Waals surface area contributed by atoms with Gasteiger partial charge in [0.15, 0.2) is 5.78 Å². The molecule has 1 aliphatic rings. The Kier molecular flexibility index (Phi) is 1.75. The van der Waals surface area contributed by atoms with Crippen molar-refractivity contribution in [3.63, 3.8) is 0 Å². The van der Waals surface area contributed by atoms with Gasteiger partial charge < -0.3 is 5.32 Å². The van der Waals surface area contributed by atoms with E-state index in [1.54, 1.807) is 0 Å². The Morgan fingerprint density at radius 1 is 1.67 bits per heavy atom. The van der Waals surface area contributed by atoms with E-state index in [1.165, 1.54) is 0 Å². The molecule has 9 heavy (non-hydrogen) atoms. The minimum atomic E-state index is -2.49. The van der Waals surface area contributed by atoms with E-state index < -0.39 is 12.3 Å². The smallest absolute Gasteiger partial charge is 0.249 e. The van der Waals surface area contributed by atoms with Gasteiger partial charge in [-0.15, -0.1) is 0 Å². The molecule has 0 saturated carbocycles. The average Bonchev–Trinajstić information content (AvgIpc) is 2.13. The number of hydrogen-bond donors (Lipinski definition) is 1. The number of alkyl halides is 2. The molecule has 0 aromatic heterocycles. The highest BCUT2D eigenvalue weighted by atomic mass is 19.3. The van der Waals surface area contributed by atoms with E-state index >= 15 is 0 Å². The summed E-state index contributed by atoms with van der Waals surface area (Å²) in [4.78, 5) is 10.5. The van der Waals surface area contributed by atoms with Crippen molar-refractivity contribution < 1.29 is 13.6 Å². The van der Waals surface area contributed by atoms with E-state index in [-0.39, 0.29) is 18.9 Å². The minimum Gasteiger partial charge on any atom is -0.309 e. The van der Waals surface area contributed by atoms with Crippen LogP contribution in [-0.2, 0) is 4.79 Å². The van der Waals surface area contributed by atoms with Crippen LogP contribution < -0.4 is 5.32 Å². The van der Waals surface area contributed by atoms with Crippen LogP contribution in [0.15, 0.2) is 0 Å². The van der Waals surface area contributed by atoms with Crippen molar-refractivity contribution in [1.29, 1.82) is 0 Å². The van der Waals surface area contributed by atoms with Gasteiger partial charge in [-0.05, 0) is 0 Å². The Hall–Kier alpha value is -0.510. The van der Waals surface area contributed by atoms with Gasteiger partial charge in [0.05, 0.1) is 12.5 Å². The summed E-state index contributed by atoms with van der Waals surface area (Å²) in [7, 11) is 0. The monoisotopic (exact) mass is 135 g/mol. The molecule has 0 amide bonds. The van der Waals surface area contributed by atoms with Crippen molar-refractivity contribution >= 4 is 5.78 Å². The fourth-order valence-electron chi connectivity index (χ4n) is 0.825. The van der Waals surface area contributed by atoms with Gasteiger partial charge in [-0.2, -0.15) is 0 Å². The quantitative estimate of drug-likeness (QED) is 0.550. The van der Waals surface area contributed by atoms with Crippen LogP contribution >= 0.6 is 0 Å². The number of hydrogen-bond acceptors (Lipinski definition) is 2. The fraction of sp³-hybridized carbons (Fsp3) is 0.800. The zero-order valence-electron chi connectivity index (χ0n) is 4.73. The van der Waals surface area contributed by atoms with Gasteiger partial charge in [0, 0.05) is 6.54 Å². The van der Waals surface area contributed by atoms with E-state index in [0.29, 0.717) is 0 Å². The first kappa shape index (κ1) is 6.61. The van der Waals surface area contributed by atoms with E-state index in [4.69, 9.17) is 0 Å². The Bertz CT molecular complexity index is 126. The molecule has 4 heteroatoms. The molecular formula is C5H7F2NO. The zero-order valence-corrected chi connectivity index (χ0v) is 4.73. The lowest BCUT2D eigenvalue weighted by atomic mass is 10.1. The molecule has 0 radical (unpaired) electrons. The second-order valence-corrected chi connectivity index (χ2v) is 2.04. The molecule has 1 atom stereocenters. The minimum absolute atomic E-state index is 0.106. The standard InChI is InChI=1S/C5H7F2NO/c6-5(7)3-1-8-2-4(3)9/h3,5,8H,1-2H2. The van der Waals surface area contributed by atoms with E-state index in [1.807, 2.05) is 0 Å². The number of carbonyl (C=O) groups is 1. The zero-order chi connectivity index (χ0) is 6.85. The molecule has 1 saturated heterocycles. The van der Waals surface area contributed by atoms with Crippen LogP contribution in [0.4, 0.5) is 8.78 Å². The van der Waals surface area contributed by atoms with Gasteiger partial charge in [-0.3, -0.25) is 4.79 Å². The van der Waals surface area contributed by atoms with Crippen LogP contribution in [0.3, 0.4) is 0 Å². The van der Waals surface area contributed by atoms with Gasteiger partial charge in [0.25, 0.3) is 0 Å². The summed E-state index contributed by atoms with van der Waals surface area (Å²) >= 11 is 0. The van der Waals surface area contributed by atoms with Gasteiger partial charge in [-0.1, -0.05) is 0 Å². The molecule has 0 aromatic rings. The summed E-state index contributed by atoms with van der Waals surface area (Å²) in [5.41, 5.74) is 0. The van der Waals surface area contributed by atoms with Crippen molar-refractivity contribution in [2.24, 2.45) is 5.92 Å². The van der Waals surface area contributed by atoms with Gasteiger partial charge in [0.1, 0.15) is 0 Å². The van der Waals surface area contributed by atoms with Crippen molar-refractivity contribution in [3.8, 4) is 0 Å². The molecule has 1 heterocycles. The van der Waals surface area contributed by atoms with Crippen molar-refractivity contribution in [3.05, 3.63) is 0 Å². The second-order valence-electron chi connectivity index (χ2n) is 2.04. The molecule has 52 valence electrons. The largest absolute Gasteiger partial charge is 0.309 e. The maximum Gasteiger partial charge on any atom is 0.249 e. The molecule has 2 nitrogen and oxygen atoms in total. The first-order chi connectivity index (χ1) is 4.22. The lowest BCUT2D eigenvalue weighted by molar-refractivity contribution is -0.123. The number of halogens is 2. The van der Waals surface area contributed by atoms with Gasteiger partial charge in [0.2, 0.25) is 6.43 Å². The highest BCUT2D eigenvalue weighted by molar-refractivity contribution is 5.85. The molecule has 1 fully saturated rings. The summed E-state index contributed by atoms with van der Waals surface area (Å²) in [6.07, 6.45) is -2.49. The van der Waals surface area contributed by atoms with E-state index in [0.717, 1.165) is 0 Å². The first-order valence-corrected chi connectivity index (χ1v) is 2.73. The lowest BCUT2D eigenvalue weighted by Crippen LogP contribution is -2.19. The summed E-state index contributed by atoms with van der Waals surface area (Å²) < 4.78 is 23.5. The average molecular weight is 135 g/mol. The van der Waals surface area contributed by atoms with Crippen molar-refractivity contribution in [1.82, 2.24) is 5.32 Å². The molecule has 1 aliphatic heterocycles. The normalized spacial score (nSPS) is 27.9. The Morgan fingerprint density at radius 2 is 2.33 bits per heavy atom. The van der Waals surface area contributed by atoms with Crippen LogP contribution in [0, 0.1) is 5.92 Å². The maximum atomic E-state index is 11.7. The summed E-state index contributed by atoms with van der Waals surface area (Å²) in [6.45, 7) is 0.242. The predicted octanol–water partition coefficient (Wildman–Crippen LogP) is 0.0400. The second kappa shape index (κ2) is 2.39. The molecule has 0 spiro atoms. The van der Waals surface area contributed by atoms with Crippen LogP contribution in [0.2, 0.25) is 0 Å². The van der Waals surface area contributed by atoms with Crippen LogP contribution in [0.25, 0.3) is 0 Å². The Morgan fingerprint density at radius 3 is 2.56 bits per heavy atom. The van der Waals surface area contributed by atoms with Gasteiger partial charge >= 0.3 is 0 Å². The SMILES string of the molecule is O=C1CNCC1C(F)F. The van der Waals surface area contributed by atoms with Crippen LogP contribution in [-0.4, -0.2) is 25.3 Å².